The molecule has 0 aliphatic carbocycles. The number of aryl methyl sites for hydroxylation is 2. The summed E-state index contributed by atoms with van der Waals surface area (Å²) in [6.45, 7) is 7.24. The second-order valence-electron chi connectivity index (χ2n) is 5.63. The summed E-state index contributed by atoms with van der Waals surface area (Å²) in [7, 11) is 6.13. The Morgan fingerprint density at radius 2 is 2.00 bits per heavy atom. The molecule has 0 spiro atoms. The van der Waals surface area contributed by atoms with Gasteiger partial charge >= 0.3 is 0 Å². The SMILES string of the molecule is Cc1nn(C)c2c1[nH]c(=S)n2CC(C)(C)N(C)C. The quantitative estimate of drug-likeness (QED) is 0.866. The third-order valence-corrected chi connectivity index (χ3v) is 4.00. The zero-order valence-corrected chi connectivity index (χ0v) is 12.7. The molecule has 0 aliphatic heterocycles. The van der Waals surface area contributed by atoms with E-state index in [0.29, 0.717) is 0 Å². The van der Waals surface area contributed by atoms with Gasteiger partial charge in [0.1, 0.15) is 5.52 Å². The van der Waals surface area contributed by atoms with Crippen LogP contribution in [-0.4, -0.2) is 43.9 Å². The second kappa shape index (κ2) is 4.20. The Bertz CT molecular complexity index is 629. The normalized spacial score (nSPS) is 12.8. The van der Waals surface area contributed by atoms with E-state index < -0.39 is 0 Å². The van der Waals surface area contributed by atoms with Crippen LogP contribution in [0.25, 0.3) is 11.2 Å². The molecule has 2 aromatic heterocycles. The smallest absolute Gasteiger partial charge is 0.179 e. The lowest BCUT2D eigenvalue weighted by atomic mass is 10.0. The molecule has 0 amide bonds. The number of imidazole rings is 1. The standard InChI is InChI=1S/C12H21N5S/c1-8-9-10(16(6)14-8)17(11(18)13-9)7-12(2,3)15(4)5/h7H2,1-6H3,(H,13,18). The third-order valence-electron chi connectivity index (χ3n) is 3.68. The number of fused-ring (bicyclic) bond motifs is 1. The Morgan fingerprint density at radius 3 is 2.56 bits per heavy atom. The van der Waals surface area contributed by atoms with Gasteiger partial charge in [0.05, 0.1) is 5.69 Å². The molecule has 0 atom stereocenters. The summed E-state index contributed by atoms with van der Waals surface area (Å²) in [4.78, 5) is 5.46. The van der Waals surface area contributed by atoms with E-state index in [9.17, 15) is 0 Å². The summed E-state index contributed by atoms with van der Waals surface area (Å²) in [6, 6.07) is 0. The highest BCUT2D eigenvalue weighted by Crippen LogP contribution is 2.21. The minimum Gasteiger partial charge on any atom is -0.328 e. The van der Waals surface area contributed by atoms with Crippen LogP contribution in [0.4, 0.5) is 0 Å². The monoisotopic (exact) mass is 267 g/mol. The van der Waals surface area contributed by atoms with Gasteiger partial charge in [-0.05, 0) is 47.1 Å². The average Bonchev–Trinajstić information content (AvgIpc) is 2.68. The van der Waals surface area contributed by atoms with Crippen molar-refractivity contribution in [2.75, 3.05) is 14.1 Å². The number of nitrogens with one attached hydrogen (secondary N) is 1. The first-order chi connectivity index (χ1) is 8.24. The zero-order chi connectivity index (χ0) is 13.7. The third kappa shape index (κ3) is 1.99. The van der Waals surface area contributed by atoms with Crippen LogP contribution in [0.1, 0.15) is 19.5 Å². The highest BCUT2D eigenvalue weighted by atomic mass is 32.1. The fourth-order valence-corrected chi connectivity index (χ4v) is 2.30. The topological polar surface area (TPSA) is 41.8 Å². The Hall–Kier alpha value is -1.14. The Kier molecular flexibility index (Phi) is 3.11. The second-order valence-corrected chi connectivity index (χ2v) is 6.02. The van der Waals surface area contributed by atoms with Gasteiger partial charge in [-0.15, -0.1) is 0 Å². The summed E-state index contributed by atoms with van der Waals surface area (Å²) >= 11 is 5.43. The first-order valence-electron chi connectivity index (χ1n) is 6.03. The fraction of sp³-hybridized carbons (Fsp3) is 0.667. The summed E-state index contributed by atoms with van der Waals surface area (Å²) in [5.74, 6) is 0. The van der Waals surface area contributed by atoms with Crippen LogP contribution in [0.3, 0.4) is 0 Å². The average molecular weight is 267 g/mol. The van der Waals surface area contributed by atoms with Crippen molar-refractivity contribution in [3.8, 4) is 0 Å². The number of aromatic amines is 1. The molecule has 0 unspecified atom stereocenters. The van der Waals surface area contributed by atoms with Gasteiger partial charge in [-0.25, -0.2) is 0 Å². The highest BCUT2D eigenvalue weighted by Gasteiger charge is 2.24. The van der Waals surface area contributed by atoms with Crippen molar-refractivity contribution in [2.45, 2.75) is 32.9 Å². The largest absolute Gasteiger partial charge is 0.328 e. The molecule has 100 valence electrons. The fourth-order valence-electron chi connectivity index (χ4n) is 2.05. The summed E-state index contributed by atoms with van der Waals surface area (Å²) in [5.41, 5.74) is 3.12. The number of nitrogens with zero attached hydrogens (tertiary/aromatic N) is 4. The molecule has 2 rings (SSSR count). The molecule has 0 saturated heterocycles. The summed E-state index contributed by atoms with van der Waals surface area (Å²) in [6.07, 6.45) is 0. The van der Waals surface area contributed by atoms with Crippen molar-refractivity contribution < 1.29 is 0 Å². The maximum Gasteiger partial charge on any atom is 0.179 e. The molecule has 6 heteroatoms. The van der Waals surface area contributed by atoms with Crippen LogP contribution in [0.5, 0.6) is 0 Å². The van der Waals surface area contributed by atoms with E-state index >= 15 is 0 Å². The van der Waals surface area contributed by atoms with E-state index in [1.807, 2.05) is 18.7 Å². The van der Waals surface area contributed by atoms with Crippen molar-refractivity contribution in [3.05, 3.63) is 10.5 Å². The lowest BCUT2D eigenvalue weighted by Crippen LogP contribution is -2.42. The van der Waals surface area contributed by atoms with Gasteiger partial charge in [-0.3, -0.25) is 9.25 Å². The molecular formula is C12H21N5S. The number of rotatable bonds is 3. The minimum atomic E-state index is 0.0333. The van der Waals surface area contributed by atoms with Gasteiger partial charge in [0.25, 0.3) is 0 Å². The zero-order valence-electron chi connectivity index (χ0n) is 11.9. The first kappa shape index (κ1) is 13.3. The Morgan fingerprint density at radius 1 is 1.39 bits per heavy atom. The predicted molar refractivity (Wildman–Crippen MR) is 76.4 cm³/mol. The van der Waals surface area contributed by atoms with Crippen LogP contribution in [-0.2, 0) is 13.6 Å². The van der Waals surface area contributed by atoms with Crippen molar-refractivity contribution >= 4 is 23.4 Å². The van der Waals surface area contributed by atoms with E-state index in [2.05, 4.69) is 47.5 Å². The molecular weight excluding hydrogens is 246 g/mol. The lowest BCUT2D eigenvalue weighted by Gasteiger charge is -2.32. The van der Waals surface area contributed by atoms with Crippen molar-refractivity contribution in [3.63, 3.8) is 0 Å². The van der Waals surface area contributed by atoms with Crippen LogP contribution in [0.15, 0.2) is 0 Å². The number of likely N-dealkylation sites (N-methyl/N-ethyl adjacent to an activating group) is 1. The molecule has 0 radical (unpaired) electrons. The van der Waals surface area contributed by atoms with Crippen LogP contribution < -0.4 is 0 Å². The van der Waals surface area contributed by atoms with Crippen LogP contribution >= 0.6 is 12.2 Å². The van der Waals surface area contributed by atoms with Gasteiger partial charge in [0.15, 0.2) is 10.4 Å². The van der Waals surface area contributed by atoms with Crippen LogP contribution in [0.2, 0.25) is 0 Å². The van der Waals surface area contributed by atoms with E-state index in [1.54, 1.807) is 0 Å². The maximum atomic E-state index is 5.43. The van der Waals surface area contributed by atoms with Gasteiger partial charge in [-0.2, -0.15) is 5.10 Å². The van der Waals surface area contributed by atoms with Crippen molar-refractivity contribution in [1.29, 1.82) is 0 Å². The minimum absolute atomic E-state index is 0.0333. The molecule has 0 aliphatic rings. The maximum absolute atomic E-state index is 5.43. The lowest BCUT2D eigenvalue weighted by molar-refractivity contribution is 0.170. The molecule has 2 heterocycles. The van der Waals surface area contributed by atoms with Crippen molar-refractivity contribution in [2.24, 2.45) is 7.05 Å². The number of hydrogen-bond acceptors (Lipinski definition) is 3. The van der Waals surface area contributed by atoms with Gasteiger partial charge in [0, 0.05) is 19.1 Å². The molecule has 2 aromatic rings. The van der Waals surface area contributed by atoms with E-state index in [4.69, 9.17) is 12.2 Å². The van der Waals surface area contributed by atoms with E-state index in [1.165, 1.54) is 0 Å². The molecule has 5 nitrogen and oxygen atoms in total. The van der Waals surface area contributed by atoms with Crippen LogP contribution in [0, 0.1) is 11.7 Å². The molecule has 0 fully saturated rings. The Balaban J connectivity index is 2.58. The van der Waals surface area contributed by atoms with Crippen molar-refractivity contribution in [1.82, 2.24) is 24.2 Å². The van der Waals surface area contributed by atoms with Gasteiger partial charge in [0.2, 0.25) is 0 Å². The van der Waals surface area contributed by atoms with E-state index in [0.717, 1.165) is 28.2 Å². The number of aromatic nitrogens is 4. The molecule has 18 heavy (non-hydrogen) atoms. The summed E-state index contributed by atoms with van der Waals surface area (Å²) < 4.78 is 4.78. The molecule has 0 bridgehead atoms. The Labute approximate surface area is 112 Å². The molecule has 0 aromatic carbocycles. The number of H-pyrrole nitrogens is 1. The highest BCUT2D eigenvalue weighted by molar-refractivity contribution is 7.71. The van der Waals surface area contributed by atoms with E-state index in [-0.39, 0.29) is 5.54 Å². The molecule has 1 N–H and O–H groups in total. The predicted octanol–water partition coefficient (Wildman–Crippen LogP) is 2.08. The van der Waals surface area contributed by atoms with Gasteiger partial charge in [-0.1, -0.05) is 0 Å². The number of hydrogen-bond donors (Lipinski definition) is 1. The molecule has 0 saturated carbocycles. The first-order valence-corrected chi connectivity index (χ1v) is 6.44. The summed E-state index contributed by atoms with van der Waals surface area (Å²) in [5, 5.41) is 4.43. The van der Waals surface area contributed by atoms with Gasteiger partial charge < -0.3 is 9.88 Å².